The van der Waals surface area contributed by atoms with Gasteiger partial charge in [-0.2, -0.15) is 0 Å². The van der Waals surface area contributed by atoms with E-state index in [9.17, 15) is 4.79 Å². The minimum Gasteiger partial charge on any atom is -0.486 e. The van der Waals surface area contributed by atoms with Gasteiger partial charge in [0.15, 0.2) is 11.5 Å². The Morgan fingerprint density at radius 3 is 2.67 bits per heavy atom. The lowest BCUT2D eigenvalue weighted by Crippen LogP contribution is -2.25. The normalized spacial score (nSPS) is 17.6. The first-order valence-electron chi connectivity index (χ1n) is 7.82. The van der Waals surface area contributed by atoms with Crippen molar-refractivity contribution < 1.29 is 14.3 Å². The number of amides is 1. The molecule has 120 valence electrons. The molecule has 5 nitrogen and oxygen atoms in total. The Labute approximate surface area is 139 Å². The van der Waals surface area contributed by atoms with Crippen LogP contribution in [0.2, 0.25) is 0 Å². The number of benzene rings is 2. The summed E-state index contributed by atoms with van der Waals surface area (Å²) in [5.41, 5.74) is 2.36. The van der Waals surface area contributed by atoms with Gasteiger partial charge in [-0.1, -0.05) is 36.4 Å². The van der Waals surface area contributed by atoms with Crippen molar-refractivity contribution in [3.63, 3.8) is 0 Å². The van der Waals surface area contributed by atoms with Crippen LogP contribution in [0.4, 0.5) is 0 Å². The summed E-state index contributed by atoms with van der Waals surface area (Å²) in [7, 11) is 0. The summed E-state index contributed by atoms with van der Waals surface area (Å²) in [6, 6.07) is 15.5. The van der Waals surface area contributed by atoms with Crippen LogP contribution in [0.1, 0.15) is 11.1 Å². The van der Waals surface area contributed by atoms with Gasteiger partial charge in [0.25, 0.3) is 5.91 Å². The molecule has 1 N–H and O–H groups in total. The fraction of sp³-hybridized carbons (Fsp3) is 0.158. The molecule has 1 amide bonds. The van der Waals surface area contributed by atoms with Crippen molar-refractivity contribution in [1.29, 1.82) is 0 Å². The predicted octanol–water partition coefficient (Wildman–Crippen LogP) is 2.57. The summed E-state index contributed by atoms with van der Waals surface area (Å²) >= 11 is 0. The second-order valence-corrected chi connectivity index (χ2v) is 5.61. The van der Waals surface area contributed by atoms with Crippen LogP contribution < -0.4 is 14.8 Å². The van der Waals surface area contributed by atoms with E-state index in [1.165, 1.54) is 0 Å². The fourth-order valence-corrected chi connectivity index (χ4v) is 2.70. The van der Waals surface area contributed by atoms with Gasteiger partial charge in [0.2, 0.25) is 0 Å². The summed E-state index contributed by atoms with van der Waals surface area (Å²) in [5.74, 6) is 1.90. The first-order valence-corrected chi connectivity index (χ1v) is 7.82. The van der Waals surface area contributed by atoms with Crippen LogP contribution in [0.15, 0.2) is 59.2 Å². The minimum absolute atomic E-state index is 0.184. The highest BCUT2D eigenvalue weighted by molar-refractivity contribution is 6.14. The Morgan fingerprint density at radius 2 is 1.83 bits per heavy atom. The molecule has 0 atom stereocenters. The molecule has 0 unspecified atom stereocenters. The van der Waals surface area contributed by atoms with E-state index in [-0.39, 0.29) is 5.91 Å². The number of hydrogen-bond donors (Lipinski definition) is 1. The lowest BCUT2D eigenvalue weighted by molar-refractivity contribution is -0.115. The highest BCUT2D eigenvalue weighted by atomic mass is 16.6. The largest absolute Gasteiger partial charge is 0.486 e. The average molecular weight is 320 g/mol. The number of carbonyl (C=O) groups is 1. The first kappa shape index (κ1) is 14.5. The molecule has 4 rings (SSSR count). The van der Waals surface area contributed by atoms with E-state index in [1.807, 2.05) is 48.5 Å². The summed E-state index contributed by atoms with van der Waals surface area (Å²) < 4.78 is 11.1. The summed E-state index contributed by atoms with van der Waals surface area (Å²) in [6.07, 6.45) is 2.36. The van der Waals surface area contributed by atoms with Gasteiger partial charge in [-0.05, 0) is 29.3 Å². The van der Waals surface area contributed by atoms with Crippen LogP contribution in [0.5, 0.6) is 11.5 Å². The second kappa shape index (κ2) is 6.20. The topological polar surface area (TPSA) is 59.9 Å². The number of ether oxygens (including phenoxy) is 2. The highest BCUT2D eigenvalue weighted by Crippen LogP contribution is 2.31. The Hall–Kier alpha value is -3.08. The maximum Gasteiger partial charge on any atom is 0.275 e. The number of hydrogen-bond acceptors (Lipinski definition) is 4. The molecule has 2 heterocycles. The molecule has 2 aromatic rings. The number of amidine groups is 1. The van der Waals surface area contributed by atoms with Crippen molar-refractivity contribution >= 4 is 17.8 Å². The third-order valence-electron chi connectivity index (χ3n) is 3.83. The van der Waals surface area contributed by atoms with Crippen molar-refractivity contribution in [3.05, 3.63) is 65.4 Å². The molecular weight excluding hydrogens is 304 g/mol. The van der Waals surface area contributed by atoms with Crippen molar-refractivity contribution in [2.45, 2.75) is 6.42 Å². The van der Waals surface area contributed by atoms with Gasteiger partial charge in [0, 0.05) is 6.42 Å². The number of carbonyl (C=O) groups excluding carboxylic acids is 1. The maximum absolute atomic E-state index is 12.1. The SMILES string of the molecule is O=C1NC(Cc2ccccc2)=N/C1=C/c1ccc2c(c1)OCCO2. The molecule has 0 fully saturated rings. The molecule has 0 bridgehead atoms. The third-order valence-corrected chi connectivity index (χ3v) is 3.83. The molecular formula is C19H16N2O3. The second-order valence-electron chi connectivity index (χ2n) is 5.61. The van der Waals surface area contributed by atoms with E-state index < -0.39 is 0 Å². The van der Waals surface area contributed by atoms with Gasteiger partial charge >= 0.3 is 0 Å². The van der Waals surface area contributed by atoms with E-state index in [1.54, 1.807) is 6.08 Å². The molecule has 0 saturated heterocycles. The minimum atomic E-state index is -0.184. The summed E-state index contributed by atoms with van der Waals surface area (Å²) in [5, 5.41) is 2.82. The number of nitrogens with one attached hydrogen (secondary N) is 1. The fourth-order valence-electron chi connectivity index (χ4n) is 2.70. The highest BCUT2D eigenvalue weighted by Gasteiger charge is 2.20. The lowest BCUT2D eigenvalue weighted by atomic mass is 10.1. The van der Waals surface area contributed by atoms with Crippen molar-refractivity contribution in [3.8, 4) is 11.5 Å². The van der Waals surface area contributed by atoms with Crippen molar-refractivity contribution in [2.24, 2.45) is 4.99 Å². The standard InChI is InChI=1S/C19H16N2O3/c22-19-15(20-18(21-19)12-13-4-2-1-3-5-13)10-14-6-7-16-17(11-14)24-9-8-23-16/h1-7,10-11H,8-9,12H2,(H,20,21,22)/b15-10+. The van der Waals surface area contributed by atoms with E-state index in [2.05, 4.69) is 10.3 Å². The molecule has 0 saturated carbocycles. The zero-order valence-corrected chi connectivity index (χ0v) is 13.0. The molecule has 0 aliphatic carbocycles. The summed E-state index contributed by atoms with van der Waals surface area (Å²) in [6.45, 7) is 1.09. The van der Waals surface area contributed by atoms with Crippen molar-refractivity contribution in [1.82, 2.24) is 5.32 Å². The molecule has 2 aliphatic rings. The van der Waals surface area contributed by atoms with Crippen LogP contribution in [-0.2, 0) is 11.2 Å². The molecule has 0 aromatic heterocycles. The molecule has 0 spiro atoms. The quantitative estimate of drug-likeness (QED) is 0.884. The Balaban J connectivity index is 1.57. The molecule has 2 aliphatic heterocycles. The van der Waals surface area contributed by atoms with Gasteiger partial charge in [0.1, 0.15) is 24.7 Å². The zero-order valence-electron chi connectivity index (χ0n) is 13.0. The Bertz CT molecular complexity index is 841. The van der Waals surface area contributed by atoms with Crippen LogP contribution >= 0.6 is 0 Å². The molecule has 0 radical (unpaired) electrons. The van der Waals surface area contributed by atoms with Gasteiger partial charge in [-0.3, -0.25) is 4.79 Å². The van der Waals surface area contributed by atoms with Crippen LogP contribution in [0.25, 0.3) is 6.08 Å². The smallest absolute Gasteiger partial charge is 0.275 e. The van der Waals surface area contributed by atoms with E-state index in [4.69, 9.17) is 9.47 Å². The Morgan fingerprint density at radius 1 is 1.04 bits per heavy atom. The number of nitrogens with zero attached hydrogens (tertiary/aromatic N) is 1. The van der Waals surface area contributed by atoms with E-state index >= 15 is 0 Å². The number of fused-ring (bicyclic) bond motifs is 1. The van der Waals surface area contributed by atoms with Gasteiger partial charge in [0.05, 0.1) is 0 Å². The van der Waals surface area contributed by atoms with Crippen LogP contribution in [0, 0.1) is 0 Å². The predicted molar refractivity (Wildman–Crippen MR) is 91.1 cm³/mol. The van der Waals surface area contributed by atoms with Crippen LogP contribution in [-0.4, -0.2) is 25.0 Å². The average Bonchev–Trinajstić information content (AvgIpc) is 2.95. The van der Waals surface area contributed by atoms with E-state index in [0.29, 0.717) is 36.9 Å². The van der Waals surface area contributed by atoms with Gasteiger partial charge in [-0.25, -0.2) is 4.99 Å². The monoisotopic (exact) mass is 320 g/mol. The molecule has 24 heavy (non-hydrogen) atoms. The third kappa shape index (κ3) is 3.01. The summed E-state index contributed by atoms with van der Waals surface area (Å²) in [4.78, 5) is 16.5. The van der Waals surface area contributed by atoms with Gasteiger partial charge in [-0.15, -0.1) is 0 Å². The maximum atomic E-state index is 12.1. The number of rotatable bonds is 3. The lowest BCUT2D eigenvalue weighted by Gasteiger charge is -2.18. The zero-order chi connectivity index (χ0) is 16.4. The molecule has 2 aromatic carbocycles. The van der Waals surface area contributed by atoms with Crippen LogP contribution in [0.3, 0.4) is 0 Å². The Kier molecular flexibility index (Phi) is 3.75. The van der Waals surface area contributed by atoms with Gasteiger partial charge < -0.3 is 14.8 Å². The molecule has 5 heteroatoms. The first-order chi connectivity index (χ1) is 11.8. The van der Waals surface area contributed by atoms with E-state index in [0.717, 1.165) is 16.9 Å². The van der Waals surface area contributed by atoms with Crippen molar-refractivity contribution in [2.75, 3.05) is 13.2 Å². The number of aliphatic imine (C=N–C) groups is 1.